The van der Waals surface area contributed by atoms with Crippen molar-refractivity contribution in [3.8, 4) is 11.5 Å². The zero-order valence-electron chi connectivity index (χ0n) is 18.6. The monoisotopic (exact) mass is 483 g/mol. The molecule has 34 heavy (non-hydrogen) atoms. The third-order valence-electron chi connectivity index (χ3n) is 4.55. The van der Waals surface area contributed by atoms with E-state index in [1.54, 1.807) is 42.5 Å². The minimum Gasteiger partial charge on any atom is -0.494 e. The van der Waals surface area contributed by atoms with Gasteiger partial charge in [0, 0.05) is 11.3 Å². The first-order valence-electron chi connectivity index (χ1n) is 10.5. The van der Waals surface area contributed by atoms with Crippen LogP contribution in [0.4, 0.5) is 5.69 Å². The summed E-state index contributed by atoms with van der Waals surface area (Å²) in [4.78, 5) is 24.9. The maximum absolute atomic E-state index is 12.5. The summed E-state index contributed by atoms with van der Waals surface area (Å²) in [6.07, 6.45) is -0.887. The molecule has 9 nitrogen and oxygen atoms in total. The molecule has 0 radical (unpaired) electrons. The van der Waals surface area contributed by atoms with Crippen LogP contribution in [0.3, 0.4) is 0 Å². The van der Waals surface area contributed by atoms with Crippen molar-refractivity contribution in [2.24, 2.45) is 0 Å². The Labute approximate surface area is 198 Å². The Bertz CT molecular complexity index is 1230. The smallest absolute Gasteiger partial charge is 0.279 e. The van der Waals surface area contributed by atoms with Crippen LogP contribution in [0.2, 0.25) is 0 Å². The Hall–Kier alpha value is -4.05. The van der Waals surface area contributed by atoms with E-state index in [4.69, 9.17) is 9.47 Å². The molecule has 3 aromatic carbocycles. The van der Waals surface area contributed by atoms with E-state index < -0.39 is 27.9 Å². The van der Waals surface area contributed by atoms with Gasteiger partial charge in [0.25, 0.3) is 21.8 Å². The molecule has 0 spiro atoms. The largest absolute Gasteiger partial charge is 0.494 e. The van der Waals surface area contributed by atoms with E-state index in [0.717, 1.165) is 0 Å². The number of sulfonamides is 1. The van der Waals surface area contributed by atoms with Gasteiger partial charge in [-0.3, -0.25) is 25.2 Å². The van der Waals surface area contributed by atoms with Crippen molar-refractivity contribution in [3.05, 3.63) is 84.4 Å². The third kappa shape index (κ3) is 6.72. The van der Waals surface area contributed by atoms with Gasteiger partial charge in [0.05, 0.1) is 11.5 Å². The van der Waals surface area contributed by atoms with Crippen molar-refractivity contribution in [2.75, 3.05) is 11.3 Å². The fourth-order valence-corrected chi connectivity index (χ4v) is 3.94. The van der Waals surface area contributed by atoms with E-state index in [9.17, 15) is 18.0 Å². The summed E-state index contributed by atoms with van der Waals surface area (Å²) in [6, 6.07) is 20.6. The van der Waals surface area contributed by atoms with Crippen molar-refractivity contribution in [1.29, 1.82) is 0 Å². The predicted molar refractivity (Wildman–Crippen MR) is 127 cm³/mol. The lowest BCUT2D eigenvalue weighted by Gasteiger charge is -2.15. The molecule has 0 heterocycles. The lowest BCUT2D eigenvalue weighted by atomic mass is 10.2. The normalized spacial score (nSPS) is 11.7. The number of nitrogens with one attached hydrogen (secondary N) is 3. The molecule has 0 bridgehead atoms. The first kappa shape index (κ1) is 24.6. The van der Waals surface area contributed by atoms with E-state index in [0.29, 0.717) is 18.1 Å². The average Bonchev–Trinajstić information content (AvgIpc) is 2.84. The Balaban J connectivity index is 1.55. The number of carbonyl (C=O) groups is 2. The minimum atomic E-state index is -3.80. The molecule has 0 aromatic heterocycles. The van der Waals surface area contributed by atoms with Crippen LogP contribution in [-0.4, -0.2) is 32.9 Å². The molecular weight excluding hydrogens is 458 g/mol. The molecular formula is C24H25N3O6S. The zero-order valence-corrected chi connectivity index (χ0v) is 19.5. The van der Waals surface area contributed by atoms with E-state index in [1.807, 2.05) is 6.92 Å². The quantitative estimate of drug-likeness (QED) is 0.402. The number of amides is 2. The number of rotatable bonds is 9. The van der Waals surface area contributed by atoms with Gasteiger partial charge in [0.1, 0.15) is 11.5 Å². The van der Waals surface area contributed by atoms with Gasteiger partial charge in [0.15, 0.2) is 6.10 Å². The number of hydrazine groups is 1. The van der Waals surface area contributed by atoms with Crippen LogP contribution in [0.15, 0.2) is 83.8 Å². The summed E-state index contributed by atoms with van der Waals surface area (Å²) in [5.74, 6) is -0.0334. The van der Waals surface area contributed by atoms with Gasteiger partial charge in [-0.15, -0.1) is 0 Å². The van der Waals surface area contributed by atoms with Gasteiger partial charge < -0.3 is 9.47 Å². The van der Waals surface area contributed by atoms with Crippen LogP contribution in [0.1, 0.15) is 24.2 Å². The highest BCUT2D eigenvalue weighted by atomic mass is 32.2. The predicted octanol–water partition coefficient (Wildman–Crippen LogP) is 3.11. The lowest BCUT2D eigenvalue weighted by molar-refractivity contribution is -0.128. The standard InChI is InChI=1S/C24H25N3O6S/c1-3-32-20-12-14-21(15-13-20)33-17(2)23(28)25-26-24(29)18-8-7-9-19(16-18)27-34(30,31)22-10-5-4-6-11-22/h4-17,27H,3H2,1-2H3,(H,25,28)(H,26,29). The average molecular weight is 484 g/mol. The van der Waals surface area contributed by atoms with E-state index >= 15 is 0 Å². The molecule has 10 heteroatoms. The Morgan fingerprint density at radius 3 is 2.24 bits per heavy atom. The van der Waals surface area contributed by atoms with E-state index in [2.05, 4.69) is 15.6 Å². The molecule has 3 rings (SSSR count). The van der Waals surface area contributed by atoms with Gasteiger partial charge in [-0.1, -0.05) is 24.3 Å². The molecule has 0 aliphatic heterocycles. The highest BCUT2D eigenvalue weighted by Gasteiger charge is 2.17. The van der Waals surface area contributed by atoms with Crippen LogP contribution in [0.25, 0.3) is 0 Å². The summed E-state index contributed by atoms with van der Waals surface area (Å²) in [5.41, 5.74) is 4.95. The second-order valence-electron chi connectivity index (χ2n) is 7.11. The first-order chi connectivity index (χ1) is 16.3. The molecule has 2 amide bonds. The maximum atomic E-state index is 12.5. The van der Waals surface area contributed by atoms with Crippen LogP contribution in [0.5, 0.6) is 11.5 Å². The summed E-state index contributed by atoms with van der Waals surface area (Å²) < 4.78 is 38.3. The van der Waals surface area contributed by atoms with E-state index in [1.165, 1.54) is 43.3 Å². The number of carbonyl (C=O) groups excluding carboxylic acids is 2. The van der Waals surface area contributed by atoms with Crippen molar-refractivity contribution in [3.63, 3.8) is 0 Å². The molecule has 0 saturated heterocycles. The van der Waals surface area contributed by atoms with Crippen LogP contribution >= 0.6 is 0 Å². The summed E-state index contributed by atoms with van der Waals surface area (Å²) in [7, 11) is -3.80. The number of hydrogen-bond acceptors (Lipinski definition) is 6. The van der Waals surface area contributed by atoms with Crippen molar-refractivity contribution in [1.82, 2.24) is 10.9 Å². The van der Waals surface area contributed by atoms with Crippen molar-refractivity contribution >= 4 is 27.5 Å². The zero-order chi connectivity index (χ0) is 24.6. The topological polar surface area (TPSA) is 123 Å². The van der Waals surface area contributed by atoms with Crippen molar-refractivity contribution < 1.29 is 27.5 Å². The number of ether oxygens (including phenoxy) is 2. The van der Waals surface area contributed by atoms with Gasteiger partial charge >= 0.3 is 0 Å². The lowest BCUT2D eigenvalue weighted by Crippen LogP contribution is -2.47. The highest BCUT2D eigenvalue weighted by molar-refractivity contribution is 7.92. The highest BCUT2D eigenvalue weighted by Crippen LogP contribution is 2.19. The number of hydrogen-bond donors (Lipinski definition) is 3. The molecule has 1 atom stereocenters. The molecule has 1 unspecified atom stereocenters. The summed E-state index contributed by atoms with van der Waals surface area (Å²) in [6.45, 7) is 3.96. The molecule has 0 fully saturated rings. The van der Waals surface area contributed by atoms with Gasteiger partial charge in [0.2, 0.25) is 0 Å². The fraction of sp³-hybridized carbons (Fsp3) is 0.167. The summed E-state index contributed by atoms with van der Waals surface area (Å²) in [5, 5.41) is 0. The molecule has 3 N–H and O–H groups in total. The van der Waals surface area contributed by atoms with Crippen LogP contribution in [0, 0.1) is 0 Å². The second-order valence-corrected chi connectivity index (χ2v) is 8.79. The summed E-state index contributed by atoms with van der Waals surface area (Å²) >= 11 is 0. The second kappa shape index (κ2) is 11.2. The molecule has 3 aromatic rings. The molecule has 0 saturated carbocycles. The minimum absolute atomic E-state index is 0.0960. The Morgan fingerprint density at radius 1 is 0.882 bits per heavy atom. The maximum Gasteiger partial charge on any atom is 0.279 e. The molecule has 178 valence electrons. The van der Waals surface area contributed by atoms with Gasteiger partial charge in [-0.2, -0.15) is 0 Å². The fourth-order valence-electron chi connectivity index (χ4n) is 2.87. The Kier molecular flexibility index (Phi) is 8.10. The third-order valence-corrected chi connectivity index (χ3v) is 5.94. The van der Waals surface area contributed by atoms with E-state index in [-0.39, 0.29) is 16.1 Å². The Morgan fingerprint density at radius 2 is 1.56 bits per heavy atom. The van der Waals surface area contributed by atoms with Gasteiger partial charge in [-0.25, -0.2) is 8.42 Å². The van der Waals surface area contributed by atoms with Crippen LogP contribution < -0.4 is 25.0 Å². The van der Waals surface area contributed by atoms with Crippen molar-refractivity contribution in [2.45, 2.75) is 24.8 Å². The van der Waals surface area contributed by atoms with Crippen LogP contribution in [-0.2, 0) is 14.8 Å². The number of benzene rings is 3. The molecule has 0 aliphatic carbocycles. The van der Waals surface area contributed by atoms with Gasteiger partial charge in [-0.05, 0) is 68.4 Å². The first-order valence-corrected chi connectivity index (χ1v) is 11.9. The number of anilines is 1. The SMILES string of the molecule is CCOc1ccc(OC(C)C(=O)NNC(=O)c2cccc(NS(=O)(=O)c3ccccc3)c2)cc1. The molecule has 0 aliphatic rings.